The van der Waals surface area contributed by atoms with Gasteiger partial charge in [-0.05, 0) is 43.0 Å². The largest absolute Gasteiger partial charge is 0.465 e. The summed E-state index contributed by atoms with van der Waals surface area (Å²) in [6, 6.07) is 10.6. The van der Waals surface area contributed by atoms with Crippen LogP contribution in [0.15, 0.2) is 45.7 Å². The van der Waals surface area contributed by atoms with E-state index < -0.39 is 23.7 Å². The lowest BCUT2D eigenvalue weighted by atomic mass is 10.2. The van der Waals surface area contributed by atoms with Crippen molar-refractivity contribution in [2.24, 2.45) is 0 Å². The summed E-state index contributed by atoms with van der Waals surface area (Å²) in [6.45, 7) is 1.43. The first-order valence-electron chi connectivity index (χ1n) is 7.75. The average molecular weight is 392 g/mol. The Bertz CT molecular complexity index is 904. The molecule has 2 amide bonds. The Labute approximate surface area is 158 Å². The van der Waals surface area contributed by atoms with Crippen LogP contribution in [0.25, 0.3) is 17.4 Å². The summed E-state index contributed by atoms with van der Waals surface area (Å²) < 4.78 is 10.5. The average Bonchev–Trinajstić information content (AvgIpc) is 3.16. The molecule has 1 aromatic carbocycles. The summed E-state index contributed by atoms with van der Waals surface area (Å²) >= 11 is 6.89. The van der Waals surface area contributed by atoms with Crippen LogP contribution in [-0.4, -0.2) is 35.2 Å². The number of carbonyl (C=O) groups is 3. The number of hydrogen-bond donors (Lipinski definition) is 0. The number of imide groups is 1. The zero-order valence-electron chi connectivity index (χ0n) is 13.7. The number of rotatable bonds is 5. The number of esters is 1. The number of halogens is 1. The summed E-state index contributed by atoms with van der Waals surface area (Å²) in [4.78, 5) is 36.9. The fourth-order valence-electron chi connectivity index (χ4n) is 2.34. The van der Waals surface area contributed by atoms with Gasteiger partial charge >= 0.3 is 5.97 Å². The number of carbonyl (C=O) groups excluding carboxylic acids is 3. The Hall–Kier alpha value is -2.51. The molecule has 0 saturated carbocycles. The molecule has 3 rings (SSSR count). The Morgan fingerprint density at radius 3 is 2.77 bits per heavy atom. The quantitative estimate of drug-likeness (QED) is 0.561. The zero-order chi connectivity index (χ0) is 18.7. The van der Waals surface area contributed by atoms with Gasteiger partial charge in [-0.25, -0.2) is 0 Å². The summed E-state index contributed by atoms with van der Waals surface area (Å²) in [5.74, 6) is -0.229. The van der Waals surface area contributed by atoms with E-state index in [-0.39, 0.29) is 11.5 Å². The molecule has 0 bridgehead atoms. The molecular formula is C18H14ClNO5S. The molecule has 0 aliphatic carbocycles. The highest BCUT2D eigenvalue weighted by Crippen LogP contribution is 2.34. The van der Waals surface area contributed by atoms with E-state index in [9.17, 15) is 14.4 Å². The highest BCUT2D eigenvalue weighted by Gasteiger charge is 2.36. The summed E-state index contributed by atoms with van der Waals surface area (Å²) in [6.07, 6.45) is 1.47. The lowest BCUT2D eigenvalue weighted by Gasteiger charge is -2.10. The Kier molecular flexibility index (Phi) is 5.49. The molecule has 134 valence electrons. The molecule has 1 saturated heterocycles. The van der Waals surface area contributed by atoms with Crippen LogP contribution < -0.4 is 0 Å². The lowest BCUT2D eigenvalue weighted by Crippen LogP contribution is -2.34. The Morgan fingerprint density at radius 1 is 1.27 bits per heavy atom. The maximum Gasteiger partial charge on any atom is 0.326 e. The van der Waals surface area contributed by atoms with Crippen molar-refractivity contribution in [1.29, 1.82) is 0 Å². The van der Waals surface area contributed by atoms with Gasteiger partial charge in [0.25, 0.3) is 11.1 Å². The molecule has 0 unspecified atom stereocenters. The first-order chi connectivity index (χ1) is 12.5. The molecule has 6 nitrogen and oxygen atoms in total. The second-order valence-corrected chi connectivity index (χ2v) is 6.66. The standard InChI is InChI=1S/C18H14ClNO5S/c1-2-24-16(21)10-20-17(22)15(26-18(20)23)9-11-7-8-14(25-11)12-5-3-4-6-13(12)19/h3-9H,2,10H2,1H3/b15-9-. The van der Waals surface area contributed by atoms with E-state index in [1.54, 1.807) is 25.1 Å². The first kappa shape index (κ1) is 18.3. The van der Waals surface area contributed by atoms with Gasteiger partial charge in [-0.3, -0.25) is 19.3 Å². The van der Waals surface area contributed by atoms with Crippen molar-refractivity contribution in [2.45, 2.75) is 6.92 Å². The van der Waals surface area contributed by atoms with Gasteiger partial charge in [0.05, 0.1) is 16.5 Å². The topological polar surface area (TPSA) is 76.8 Å². The smallest absolute Gasteiger partial charge is 0.326 e. The van der Waals surface area contributed by atoms with Crippen molar-refractivity contribution in [1.82, 2.24) is 4.90 Å². The van der Waals surface area contributed by atoms with Crippen LogP contribution in [0, 0.1) is 0 Å². The van der Waals surface area contributed by atoms with E-state index in [4.69, 9.17) is 20.8 Å². The summed E-state index contributed by atoms with van der Waals surface area (Å²) in [5.41, 5.74) is 0.726. The molecule has 2 heterocycles. The number of amides is 2. The van der Waals surface area contributed by atoms with Gasteiger partial charge in [-0.15, -0.1) is 0 Å². The molecule has 1 aliphatic rings. The number of furan rings is 1. The van der Waals surface area contributed by atoms with Crippen LogP contribution in [0.4, 0.5) is 4.79 Å². The number of nitrogens with zero attached hydrogens (tertiary/aromatic N) is 1. The Balaban J connectivity index is 1.79. The molecule has 0 radical (unpaired) electrons. The van der Waals surface area contributed by atoms with Gasteiger partial charge in [0.1, 0.15) is 18.1 Å². The molecule has 1 aromatic heterocycles. The normalized spacial score (nSPS) is 15.8. The molecule has 0 atom stereocenters. The van der Waals surface area contributed by atoms with E-state index in [0.717, 1.165) is 22.2 Å². The SMILES string of the molecule is CCOC(=O)CN1C(=O)S/C(=C\c2ccc(-c3ccccc3Cl)o2)C1=O. The van der Waals surface area contributed by atoms with Crippen molar-refractivity contribution < 1.29 is 23.5 Å². The van der Waals surface area contributed by atoms with Crippen LogP contribution in [-0.2, 0) is 14.3 Å². The van der Waals surface area contributed by atoms with Crippen molar-refractivity contribution in [3.63, 3.8) is 0 Å². The van der Waals surface area contributed by atoms with Crippen molar-refractivity contribution >= 4 is 46.6 Å². The lowest BCUT2D eigenvalue weighted by molar-refractivity contribution is -0.145. The van der Waals surface area contributed by atoms with Crippen molar-refractivity contribution in [3.05, 3.63) is 52.1 Å². The number of hydrogen-bond acceptors (Lipinski definition) is 6. The molecule has 2 aromatic rings. The van der Waals surface area contributed by atoms with Gasteiger partial charge in [-0.1, -0.05) is 23.7 Å². The van der Waals surface area contributed by atoms with Crippen LogP contribution in [0.3, 0.4) is 0 Å². The van der Waals surface area contributed by atoms with Crippen LogP contribution in [0.1, 0.15) is 12.7 Å². The zero-order valence-corrected chi connectivity index (χ0v) is 15.3. The summed E-state index contributed by atoms with van der Waals surface area (Å²) in [7, 11) is 0. The van der Waals surface area contributed by atoms with Crippen LogP contribution >= 0.6 is 23.4 Å². The first-order valence-corrected chi connectivity index (χ1v) is 8.94. The van der Waals surface area contributed by atoms with Gasteiger partial charge in [0.15, 0.2) is 0 Å². The molecule has 0 N–H and O–H groups in total. The van der Waals surface area contributed by atoms with Gasteiger partial charge < -0.3 is 9.15 Å². The molecule has 0 spiro atoms. The minimum Gasteiger partial charge on any atom is -0.465 e. The van der Waals surface area contributed by atoms with E-state index >= 15 is 0 Å². The maximum atomic E-state index is 12.3. The predicted molar refractivity (Wildman–Crippen MR) is 98.5 cm³/mol. The third-order valence-electron chi connectivity index (χ3n) is 3.51. The van der Waals surface area contributed by atoms with Crippen molar-refractivity contribution in [3.8, 4) is 11.3 Å². The van der Waals surface area contributed by atoms with Crippen LogP contribution in [0.5, 0.6) is 0 Å². The number of thioether (sulfide) groups is 1. The molecule has 1 aliphatic heterocycles. The van der Waals surface area contributed by atoms with Gasteiger partial charge in [0, 0.05) is 11.6 Å². The molecule has 1 fully saturated rings. The fraction of sp³-hybridized carbons (Fsp3) is 0.167. The van der Waals surface area contributed by atoms with Crippen molar-refractivity contribution in [2.75, 3.05) is 13.2 Å². The van der Waals surface area contributed by atoms with E-state index in [2.05, 4.69) is 0 Å². The van der Waals surface area contributed by atoms with Gasteiger partial charge in [-0.2, -0.15) is 0 Å². The Morgan fingerprint density at radius 2 is 2.04 bits per heavy atom. The van der Waals surface area contributed by atoms with E-state index in [1.807, 2.05) is 18.2 Å². The van der Waals surface area contributed by atoms with Gasteiger partial charge in [0.2, 0.25) is 0 Å². The highest BCUT2D eigenvalue weighted by atomic mass is 35.5. The highest BCUT2D eigenvalue weighted by molar-refractivity contribution is 8.18. The minimum atomic E-state index is -0.630. The monoisotopic (exact) mass is 391 g/mol. The summed E-state index contributed by atoms with van der Waals surface area (Å²) in [5, 5.41) is 0.0235. The fourth-order valence-corrected chi connectivity index (χ4v) is 3.38. The van der Waals surface area contributed by atoms with Crippen LogP contribution in [0.2, 0.25) is 5.02 Å². The number of benzene rings is 1. The second kappa shape index (κ2) is 7.80. The minimum absolute atomic E-state index is 0.180. The molecule has 8 heteroatoms. The maximum absolute atomic E-state index is 12.3. The third-order valence-corrected chi connectivity index (χ3v) is 4.74. The van der Waals surface area contributed by atoms with E-state index in [1.165, 1.54) is 6.08 Å². The third kappa shape index (κ3) is 3.84. The predicted octanol–water partition coefficient (Wildman–Crippen LogP) is 4.20. The number of ether oxygens (including phenoxy) is 1. The second-order valence-electron chi connectivity index (χ2n) is 5.25. The molecular weight excluding hydrogens is 378 g/mol. The van der Waals surface area contributed by atoms with E-state index in [0.29, 0.717) is 16.5 Å². The molecule has 26 heavy (non-hydrogen) atoms.